The Kier molecular flexibility index (Phi) is 7.10. The number of nitrogens with one attached hydrogen (secondary N) is 2. The monoisotopic (exact) mass is 421 g/mol. The molecule has 1 aliphatic rings. The number of aldehydes is 1. The van der Waals surface area contributed by atoms with Crippen molar-refractivity contribution in [1.29, 1.82) is 0 Å². The second kappa shape index (κ2) is 9.77. The Hall–Kier alpha value is -3.15. The molecule has 0 aromatic heterocycles. The molecule has 3 amide bonds. The number of hydrogen-bond acceptors (Lipinski definition) is 3. The van der Waals surface area contributed by atoms with Gasteiger partial charge in [0.1, 0.15) is 12.3 Å². The molecule has 1 heterocycles. The van der Waals surface area contributed by atoms with Crippen molar-refractivity contribution >= 4 is 23.9 Å². The summed E-state index contributed by atoms with van der Waals surface area (Å²) in [4.78, 5) is 38.7. The van der Waals surface area contributed by atoms with E-state index < -0.39 is 12.1 Å². The number of carbonyl (C=O) groups excluding carboxylic acids is 3. The van der Waals surface area contributed by atoms with Gasteiger partial charge >= 0.3 is 6.03 Å². The SMILES string of the molecule is Cc1ccc(NC(=O)NC2CC(c3ccccc3C)CC(C)N(CC=O)C2=O)cc1C. The van der Waals surface area contributed by atoms with Crippen LogP contribution in [0.25, 0.3) is 0 Å². The van der Waals surface area contributed by atoms with E-state index in [1.54, 1.807) is 4.90 Å². The molecular weight excluding hydrogens is 390 g/mol. The van der Waals surface area contributed by atoms with Gasteiger partial charge in [0.15, 0.2) is 0 Å². The molecule has 31 heavy (non-hydrogen) atoms. The Morgan fingerprint density at radius 1 is 1.06 bits per heavy atom. The number of anilines is 1. The van der Waals surface area contributed by atoms with Crippen LogP contribution in [0.4, 0.5) is 10.5 Å². The fourth-order valence-electron chi connectivity index (χ4n) is 4.35. The summed E-state index contributed by atoms with van der Waals surface area (Å²) in [5.41, 5.74) is 5.24. The van der Waals surface area contributed by atoms with E-state index in [0.717, 1.165) is 29.4 Å². The molecule has 0 radical (unpaired) electrons. The van der Waals surface area contributed by atoms with Crippen LogP contribution >= 0.6 is 0 Å². The number of nitrogens with zero attached hydrogens (tertiary/aromatic N) is 1. The van der Waals surface area contributed by atoms with Gasteiger partial charge in [-0.15, -0.1) is 0 Å². The van der Waals surface area contributed by atoms with Crippen molar-refractivity contribution in [2.24, 2.45) is 0 Å². The largest absolute Gasteiger partial charge is 0.331 e. The highest BCUT2D eigenvalue weighted by molar-refractivity contribution is 5.94. The zero-order chi connectivity index (χ0) is 22.5. The molecule has 2 aromatic rings. The number of hydrogen-bond donors (Lipinski definition) is 2. The van der Waals surface area contributed by atoms with Crippen molar-refractivity contribution in [2.45, 2.75) is 58.5 Å². The van der Waals surface area contributed by atoms with Crippen LogP contribution < -0.4 is 10.6 Å². The van der Waals surface area contributed by atoms with E-state index in [-0.39, 0.29) is 24.4 Å². The molecule has 0 spiro atoms. The first-order valence-electron chi connectivity index (χ1n) is 10.7. The van der Waals surface area contributed by atoms with Crippen molar-refractivity contribution in [2.75, 3.05) is 11.9 Å². The first-order valence-corrected chi connectivity index (χ1v) is 10.7. The molecule has 2 N–H and O–H groups in total. The molecule has 1 fully saturated rings. The van der Waals surface area contributed by atoms with E-state index in [1.807, 2.05) is 51.1 Å². The lowest BCUT2D eigenvalue weighted by molar-refractivity contribution is -0.136. The summed E-state index contributed by atoms with van der Waals surface area (Å²) >= 11 is 0. The Morgan fingerprint density at radius 3 is 2.48 bits per heavy atom. The Bertz CT molecular complexity index is 972. The highest BCUT2D eigenvalue weighted by Crippen LogP contribution is 2.33. The highest BCUT2D eigenvalue weighted by atomic mass is 16.2. The fraction of sp³-hybridized carbons (Fsp3) is 0.400. The average Bonchev–Trinajstić information content (AvgIpc) is 2.83. The predicted molar refractivity (Wildman–Crippen MR) is 122 cm³/mol. The maximum Gasteiger partial charge on any atom is 0.319 e. The van der Waals surface area contributed by atoms with E-state index in [9.17, 15) is 14.4 Å². The van der Waals surface area contributed by atoms with Crippen molar-refractivity contribution in [3.05, 3.63) is 64.7 Å². The van der Waals surface area contributed by atoms with Gasteiger partial charge in [-0.05, 0) is 80.8 Å². The summed E-state index contributed by atoms with van der Waals surface area (Å²) in [5, 5.41) is 5.69. The minimum atomic E-state index is -0.707. The molecule has 1 aliphatic heterocycles. The average molecular weight is 422 g/mol. The second-order valence-corrected chi connectivity index (χ2v) is 8.48. The van der Waals surface area contributed by atoms with Crippen LogP contribution in [-0.4, -0.2) is 41.8 Å². The van der Waals surface area contributed by atoms with E-state index in [4.69, 9.17) is 0 Å². The molecule has 0 bridgehead atoms. The number of amides is 3. The number of urea groups is 1. The molecule has 164 valence electrons. The van der Waals surface area contributed by atoms with Gasteiger partial charge in [-0.2, -0.15) is 0 Å². The van der Waals surface area contributed by atoms with Gasteiger partial charge in [0.05, 0.1) is 6.54 Å². The highest BCUT2D eigenvalue weighted by Gasteiger charge is 2.36. The van der Waals surface area contributed by atoms with Crippen LogP contribution in [0.3, 0.4) is 0 Å². The fourth-order valence-corrected chi connectivity index (χ4v) is 4.35. The van der Waals surface area contributed by atoms with Crippen molar-refractivity contribution in [1.82, 2.24) is 10.2 Å². The van der Waals surface area contributed by atoms with Gasteiger partial charge in [-0.3, -0.25) is 4.79 Å². The third kappa shape index (κ3) is 5.32. The van der Waals surface area contributed by atoms with E-state index in [1.165, 1.54) is 5.56 Å². The predicted octanol–water partition coefficient (Wildman–Crippen LogP) is 4.10. The number of benzene rings is 2. The first kappa shape index (κ1) is 22.5. The van der Waals surface area contributed by atoms with Gasteiger partial charge in [-0.1, -0.05) is 30.3 Å². The molecule has 2 aromatic carbocycles. The smallest absolute Gasteiger partial charge is 0.319 e. The lowest BCUT2D eigenvalue weighted by atomic mass is 9.86. The van der Waals surface area contributed by atoms with Crippen molar-refractivity contribution in [3.63, 3.8) is 0 Å². The number of rotatable bonds is 5. The molecule has 1 saturated heterocycles. The van der Waals surface area contributed by atoms with Gasteiger partial charge in [0.2, 0.25) is 5.91 Å². The maximum absolute atomic E-state index is 13.2. The van der Waals surface area contributed by atoms with Crippen LogP contribution in [0, 0.1) is 20.8 Å². The molecule has 6 heteroatoms. The van der Waals surface area contributed by atoms with Crippen LogP contribution in [0.1, 0.15) is 47.9 Å². The standard InChI is InChI=1S/C25H31N3O3/c1-16-9-10-21(13-18(16)3)26-25(31)27-23-15-20(22-8-6-5-7-17(22)2)14-19(4)28(11-12-29)24(23)30/h5-10,12-13,19-20,23H,11,14-15H2,1-4H3,(H2,26,27,31). The summed E-state index contributed by atoms with van der Waals surface area (Å²) in [5.74, 6) is -0.116. The molecule has 3 rings (SSSR count). The quantitative estimate of drug-likeness (QED) is 0.714. The minimum Gasteiger partial charge on any atom is -0.331 e. The van der Waals surface area contributed by atoms with Gasteiger partial charge < -0.3 is 20.3 Å². The lowest BCUT2D eigenvalue weighted by Crippen LogP contribution is -2.51. The molecule has 6 nitrogen and oxygen atoms in total. The molecule has 0 aliphatic carbocycles. The molecular formula is C25H31N3O3. The van der Waals surface area contributed by atoms with Crippen molar-refractivity contribution in [3.8, 4) is 0 Å². The summed E-state index contributed by atoms with van der Waals surface area (Å²) in [7, 11) is 0. The normalized spacial score (nSPS) is 21.4. The third-order valence-corrected chi connectivity index (χ3v) is 6.23. The topological polar surface area (TPSA) is 78.5 Å². The van der Waals surface area contributed by atoms with Crippen LogP contribution in [0.2, 0.25) is 0 Å². The van der Waals surface area contributed by atoms with E-state index in [0.29, 0.717) is 12.1 Å². The zero-order valence-electron chi connectivity index (χ0n) is 18.6. The summed E-state index contributed by atoms with van der Waals surface area (Å²) < 4.78 is 0. The molecule has 0 saturated carbocycles. The molecule has 3 atom stereocenters. The van der Waals surface area contributed by atoms with Crippen LogP contribution in [-0.2, 0) is 9.59 Å². The zero-order valence-corrected chi connectivity index (χ0v) is 18.6. The van der Waals surface area contributed by atoms with Gasteiger partial charge in [-0.25, -0.2) is 4.79 Å². The minimum absolute atomic E-state index is 0.0252. The van der Waals surface area contributed by atoms with Crippen molar-refractivity contribution < 1.29 is 14.4 Å². The number of carbonyl (C=O) groups is 3. The van der Waals surface area contributed by atoms with Crippen LogP contribution in [0.15, 0.2) is 42.5 Å². The second-order valence-electron chi connectivity index (χ2n) is 8.48. The lowest BCUT2D eigenvalue weighted by Gasteiger charge is -2.28. The van der Waals surface area contributed by atoms with Gasteiger partial charge in [0, 0.05) is 11.7 Å². The summed E-state index contributed by atoms with van der Waals surface area (Å²) in [6, 6.07) is 12.6. The third-order valence-electron chi connectivity index (χ3n) is 6.23. The Morgan fingerprint density at radius 2 is 1.81 bits per heavy atom. The number of aryl methyl sites for hydroxylation is 3. The summed E-state index contributed by atoms with van der Waals surface area (Å²) in [6.07, 6.45) is 1.97. The summed E-state index contributed by atoms with van der Waals surface area (Å²) in [6.45, 7) is 8.04. The number of likely N-dealkylation sites (tertiary alicyclic amines) is 1. The van der Waals surface area contributed by atoms with E-state index >= 15 is 0 Å². The maximum atomic E-state index is 13.2. The van der Waals surface area contributed by atoms with E-state index in [2.05, 4.69) is 29.7 Å². The Balaban J connectivity index is 1.83. The Labute approximate surface area is 184 Å². The first-order chi connectivity index (χ1) is 14.8. The molecule has 3 unspecified atom stereocenters. The van der Waals surface area contributed by atoms with Gasteiger partial charge in [0.25, 0.3) is 0 Å². The van der Waals surface area contributed by atoms with Crippen LogP contribution in [0.5, 0.6) is 0 Å².